The third-order valence-corrected chi connectivity index (χ3v) is 4.64. The van der Waals surface area contributed by atoms with Crippen LogP contribution in [0.15, 0.2) is 0 Å². The molecule has 2 saturated heterocycles. The van der Waals surface area contributed by atoms with Crippen molar-refractivity contribution in [3.8, 4) is 0 Å². The van der Waals surface area contributed by atoms with Crippen molar-refractivity contribution in [1.29, 1.82) is 0 Å². The maximum absolute atomic E-state index is 5.74. The van der Waals surface area contributed by atoms with Gasteiger partial charge >= 0.3 is 0 Å². The van der Waals surface area contributed by atoms with Gasteiger partial charge in [0.05, 0.1) is 18.7 Å². The van der Waals surface area contributed by atoms with Crippen LogP contribution in [-0.4, -0.2) is 50.9 Å². The van der Waals surface area contributed by atoms with Gasteiger partial charge in [0.2, 0.25) is 0 Å². The minimum atomic E-state index is 0.279. The van der Waals surface area contributed by atoms with Crippen LogP contribution in [0.1, 0.15) is 57.8 Å². The Kier molecular flexibility index (Phi) is 4.85. The molecule has 0 aliphatic carbocycles. The zero-order valence-corrected chi connectivity index (χ0v) is 13.2. The maximum Gasteiger partial charge on any atom is 0.168 e. The lowest BCUT2D eigenvalue weighted by atomic mass is 9.98. The fraction of sp³-hybridized carbons (Fsp3) is 0.933. The average molecular weight is 293 g/mol. The summed E-state index contributed by atoms with van der Waals surface area (Å²) in [4.78, 5) is 2.56. The van der Waals surface area contributed by atoms with Crippen LogP contribution in [0.5, 0.6) is 0 Å². The van der Waals surface area contributed by atoms with E-state index in [1.54, 1.807) is 0 Å². The summed E-state index contributed by atoms with van der Waals surface area (Å²) in [6.07, 6.45) is 6.48. The van der Waals surface area contributed by atoms with Gasteiger partial charge in [0, 0.05) is 6.61 Å². The van der Waals surface area contributed by atoms with Crippen LogP contribution < -0.4 is 0 Å². The summed E-state index contributed by atoms with van der Waals surface area (Å²) in [5.41, 5.74) is 0. The zero-order valence-electron chi connectivity index (χ0n) is 13.2. The quantitative estimate of drug-likeness (QED) is 0.831. The molecule has 0 saturated carbocycles. The minimum Gasteiger partial charge on any atom is -0.376 e. The smallest absolute Gasteiger partial charge is 0.168 e. The molecule has 0 bridgehead atoms. The van der Waals surface area contributed by atoms with Crippen molar-refractivity contribution in [2.75, 3.05) is 19.7 Å². The van der Waals surface area contributed by atoms with E-state index >= 15 is 0 Å². The second kappa shape index (κ2) is 6.83. The van der Waals surface area contributed by atoms with E-state index in [1.807, 2.05) is 4.68 Å². The molecule has 0 unspecified atom stereocenters. The predicted octanol–water partition coefficient (Wildman–Crippen LogP) is 2.04. The topological polar surface area (TPSA) is 56.1 Å². The van der Waals surface area contributed by atoms with Gasteiger partial charge in [-0.25, -0.2) is 4.68 Å². The molecule has 1 aromatic rings. The van der Waals surface area contributed by atoms with Crippen LogP contribution >= 0.6 is 0 Å². The zero-order chi connectivity index (χ0) is 14.7. The molecule has 0 amide bonds. The molecule has 0 N–H and O–H groups in total. The molecule has 118 valence electrons. The highest BCUT2D eigenvalue weighted by Gasteiger charge is 2.30. The Morgan fingerprint density at radius 3 is 2.67 bits per heavy atom. The molecular formula is C15H27N5O. The Morgan fingerprint density at radius 1 is 1.19 bits per heavy atom. The Hall–Kier alpha value is -1.01. The van der Waals surface area contributed by atoms with Gasteiger partial charge in [-0.05, 0) is 55.1 Å². The van der Waals surface area contributed by atoms with Gasteiger partial charge in [-0.15, -0.1) is 5.10 Å². The fourth-order valence-corrected chi connectivity index (χ4v) is 3.61. The number of ether oxygens (including phenoxy) is 1. The first-order valence-corrected chi connectivity index (χ1v) is 8.37. The monoisotopic (exact) mass is 293 g/mol. The molecule has 6 heteroatoms. The molecule has 0 aromatic carbocycles. The van der Waals surface area contributed by atoms with Crippen molar-refractivity contribution in [2.24, 2.45) is 5.92 Å². The number of piperidine rings is 1. The van der Waals surface area contributed by atoms with E-state index in [9.17, 15) is 0 Å². The minimum absolute atomic E-state index is 0.279. The van der Waals surface area contributed by atoms with E-state index in [0.29, 0.717) is 12.0 Å². The number of aromatic nitrogens is 4. The number of tetrazole rings is 1. The highest BCUT2D eigenvalue weighted by molar-refractivity contribution is 4.96. The summed E-state index contributed by atoms with van der Waals surface area (Å²) in [5, 5.41) is 12.5. The van der Waals surface area contributed by atoms with Crippen LogP contribution in [0.4, 0.5) is 0 Å². The fourth-order valence-electron chi connectivity index (χ4n) is 3.61. The van der Waals surface area contributed by atoms with Gasteiger partial charge in [-0.3, -0.25) is 4.90 Å². The number of rotatable bonds is 5. The molecule has 21 heavy (non-hydrogen) atoms. The van der Waals surface area contributed by atoms with E-state index in [-0.39, 0.29) is 6.10 Å². The highest BCUT2D eigenvalue weighted by Crippen LogP contribution is 2.29. The lowest BCUT2D eigenvalue weighted by molar-refractivity contribution is 0.0843. The molecule has 0 spiro atoms. The van der Waals surface area contributed by atoms with Crippen LogP contribution in [0, 0.1) is 5.92 Å². The van der Waals surface area contributed by atoms with Crippen molar-refractivity contribution in [3.05, 3.63) is 5.82 Å². The van der Waals surface area contributed by atoms with Crippen LogP contribution in [0.3, 0.4) is 0 Å². The van der Waals surface area contributed by atoms with Gasteiger partial charge < -0.3 is 4.74 Å². The predicted molar refractivity (Wildman–Crippen MR) is 79.8 cm³/mol. The molecule has 3 rings (SSSR count). The molecule has 0 radical (unpaired) electrons. The molecule has 2 atom stereocenters. The molecule has 1 aromatic heterocycles. The van der Waals surface area contributed by atoms with Gasteiger partial charge in [0.15, 0.2) is 5.82 Å². The van der Waals surface area contributed by atoms with E-state index < -0.39 is 0 Å². The van der Waals surface area contributed by atoms with Crippen LogP contribution in [-0.2, 0) is 11.3 Å². The molecule has 2 aliphatic heterocycles. The molecular weight excluding hydrogens is 266 g/mol. The number of nitrogens with zero attached hydrogens (tertiary/aromatic N) is 5. The van der Waals surface area contributed by atoms with Crippen molar-refractivity contribution in [1.82, 2.24) is 25.1 Å². The van der Waals surface area contributed by atoms with Gasteiger partial charge in [-0.2, -0.15) is 0 Å². The second-order valence-electron chi connectivity index (χ2n) is 6.64. The van der Waals surface area contributed by atoms with Crippen molar-refractivity contribution >= 4 is 0 Å². The lowest BCUT2D eigenvalue weighted by Crippen LogP contribution is -2.38. The standard InChI is InChI=1S/C15H27N5O/c1-12(2)14(19-8-4-3-5-9-19)15-16-17-18-20(15)11-13-7-6-10-21-13/h12-14H,3-11H2,1-2H3/t13-,14+/m1/s1. The summed E-state index contributed by atoms with van der Waals surface area (Å²) in [7, 11) is 0. The number of hydrogen-bond acceptors (Lipinski definition) is 5. The SMILES string of the molecule is CC(C)[C@@H](c1nnnn1C[C@H]1CCCO1)N1CCCCC1. The maximum atomic E-state index is 5.74. The van der Waals surface area contributed by atoms with Gasteiger partial charge in [-0.1, -0.05) is 20.3 Å². The summed E-state index contributed by atoms with van der Waals surface area (Å²) < 4.78 is 7.72. The Bertz CT molecular complexity index is 435. The van der Waals surface area contributed by atoms with Crippen molar-refractivity contribution in [2.45, 2.75) is 64.6 Å². The van der Waals surface area contributed by atoms with E-state index in [2.05, 4.69) is 34.3 Å². The van der Waals surface area contributed by atoms with Gasteiger partial charge in [0.1, 0.15) is 0 Å². The van der Waals surface area contributed by atoms with Crippen molar-refractivity contribution in [3.63, 3.8) is 0 Å². The van der Waals surface area contributed by atoms with Crippen LogP contribution in [0.25, 0.3) is 0 Å². The highest BCUT2D eigenvalue weighted by atomic mass is 16.5. The summed E-state index contributed by atoms with van der Waals surface area (Å²) in [6, 6.07) is 0.321. The molecule has 3 heterocycles. The number of hydrogen-bond donors (Lipinski definition) is 0. The first kappa shape index (κ1) is 14.9. The first-order chi connectivity index (χ1) is 10.3. The third-order valence-electron chi connectivity index (χ3n) is 4.64. The second-order valence-corrected chi connectivity index (χ2v) is 6.64. The lowest BCUT2D eigenvalue weighted by Gasteiger charge is -2.36. The van der Waals surface area contributed by atoms with E-state index in [4.69, 9.17) is 4.74 Å². The average Bonchev–Trinajstić information content (AvgIpc) is 3.13. The molecule has 2 aliphatic rings. The van der Waals surface area contributed by atoms with E-state index in [1.165, 1.54) is 19.3 Å². The number of likely N-dealkylation sites (tertiary alicyclic amines) is 1. The first-order valence-electron chi connectivity index (χ1n) is 8.37. The largest absolute Gasteiger partial charge is 0.376 e. The normalized spacial score (nSPS) is 25.6. The molecule has 6 nitrogen and oxygen atoms in total. The molecule has 2 fully saturated rings. The Labute approximate surface area is 126 Å². The Morgan fingerprint density at radius 2 is 2.00 bits per heavy atom. The third kappa shape index (κ3) is 3.43. The summed E-state index contributed by atoms with van der Waals surface area (Å²) >= 11 is 0. The van der Waals surface area contributed by atoms with Crippen molar-refractivity contribution < 1.29 is 4.74 Å². The van der Waals surface area contributed by atoms with Crippen LogP contribution in [0.2, 0.25) is 0 Å². The Balaban J connectivity index is 1.77. The van der Waals surface area contributed by atoms with Gasteiger partial charge in [0.25, 0.3) is 0 Å². The summed E-state index contributed by atoms with van der Waals surface area (Å²) in [5.74, 6) is 1.53. The van der Waals surface area contributed by atoms with E-state index in [0.717, 1.165) is 44.9 Å². The summed E-state index contributed by atoms with van der Waals surface area (Å²) in [6.45, 7) is 8.53.